The van der Waals surface area contributed by atoms with Crippen molar-refractivity contribution in [1.29, 1.82) is 0 Å². The van der Waals surface area contributed by atoms with Gasteiger partial charge in [0.25, 0.3) is 0 Å². The fraction of sp³-hybridized carbons (Fsp3) is 0.667. The molecule has 0 aliphatic heterocycles. The zero-order valence-corrected chi connectivity index (χ0v) is 10.6. The van der Waals surface area contributed by atoms with Gasteiger partial charge in [0.05, 0.1) is 12.0 Å². The lowest BCUT2D eigenvalue weighted by atomic mass is 9.95. The van der Waals surface area contributed by atoms with Crippen LogP contribution in [0.1, 0.15) is 69.5 Å². The first-order chi connectivity index (χ1) is 8.43. The molecule has 3 rings (SSSR count). The van der Waals surface area contributed by atoms with Gasteiger partial charge in [-0.2, -0.15) is 0 Å². The van der Waals surface area contributed by atoms with Crippen molar-refractivity contribution in [2.24, 2.45) is 0 Å². The molecule has 2 nitrogen and oxygen atoms in total. The van der Waals surface area contributed by atoms with Crippen LogP contribution in [0.3, 0.4) is 0 Å². The van der Waals surface area contributed by atoms with E-state index in [0.717, 1.165) is 0 Å². The summed E-state index contributed by atoms with van der Waals surface area (Å²) in [5.74, 6) is 0. The van der Waals surface area contributed by atoms with Crippen LogP contribution in [-0.4, -0.2) is 9.55 Å². The molecule has 0 aromatic carbocycles. The zero-order valence-electron chi connectivity index (χ0n) is 10.6. The summed E-state index contributed by atoms with van der Waals surface area (Å²) in [4.78, 5) is 4.61. The minimum Gasteiger partial charge on any atom is -0.334 e. The number of rotatable bonds is 2. The predicted molar refractivity (Wildman–Crippen MR) is 70.8 cm³/mol. The van der Waals surface area contributed by atoms with Crippen molar-refractivity contribution >= 4 is 5.57 Å². The monoisotopic (exact) mass is 230 g/mol. The molecule has 0 spiro atoms. The Balaban J connectivity index is 1.75. The summed E-state index contributed by atoms with van der Waals surface area (Å²) in [5, 5.41) is 0. The number of imidazole rings is 1. The Morgan fingerprint density at radius 2 is 1.94 bits per heavy atom. The second kappa shape index (κ2) is 5.07. The fourth-order valence-corrected chi connectivity index (χ4v) is 3.15. The number of aromatic nitrogens is 2. The first-order valence-corrected chi connectivity index (χ1v) is 7.16. The molecule has 1 heterocycles. The van der Waals surface area contributed by atoms with Crippen LogP contribution in [0.15, 0.2) is 18.6 Å². The van der Waals surface area contributed by atoms with Gasteiger partial charge in [-0.05, 0) is 44.1 Å². The number of hydrogen-bond acceptors (Lipinski definition) is 1. The molecule has 1 aromatic rings. The average Bonchev–Trinajstić information content (AvgIpc) is 2.90. The number of nitrogens with zero attached hydrogens (tertiary/aromatic N) is 2. The lowest BCUT2D eigenvalue weighted by Gasteiger charge is -2.22. The highest BCUT2D eigenvalue weighted by Gasteiger charge is 2.16. The van der Waals surface area contributed by atoms with Gasteiger partial charge in [0.2, 0.25) is 0 Å². The summed E-state index contributed by atoms with van der Waals surface area (Å²) in [5.41, 5.74) is 2.71. The summed E-state index contributed by atoms with van der Waals surface area (Å²) in [7, 11) is 0. The Labute approximate surface area is 104 Å². The summed E-state index contributed by atoms with van der Waals surface area (Å²) in [6, 6.07) is 0.717. The third-order valence-electron chi connectivity index (χ3n) is 4.22. The third kappa shape index (κ3) is 2.46. The van der Waals surface area contributed by atoms with Crippen LogP contribution in [0.25, 0.3) is 5.57 Å². The maximum absolute atomic E-state index is 4.61. The summed E-state index contributed by atoms with van der Waals surface area (Å²) >= 11 is 0. The summed E-state index contributed by atoms with van der Waals surface area (Å²) in [6.07, 6.45) is 18.8. The molecule has 1 saturated carbocycles. The first kappa shape index (κ1) is 11.1. The Bertz CT molecular complexity index is 397. The molecule has 17 heavy (non-hydrogen) atoms. The van der Waals surface area contributed by atoms with Gasteiger partial charge in [-0.3, -0.25) is 0 Å². The maximum Gasteiger partial charge on any atom is 0.0956 e. The van der Waals surface area contributed by atoms with Crippen LogP contribution in [0, 0.1) is 0 Å². The van der Waals surface area contributed by atoms with Gasteiger partial charge in [-0.15, -0.1) is 0 Å². The molecule has 2 aliphatic carbocycles. The molecule has 92 valence electrons. The molecular weight excluding hydrogens is 208 g/mol. The highest BCUT2D eigenvalue weighted by molar-refractivity contribution is 5.62. The second-order valence-electron chi connectivity index (χ2n) is 5.47. The zero-order chi connectivity index (χ0) is 11.5. The second-order valence-corrected chi connectivity index (χ2v) is 5.47. The summed E-state index contributed by atoms with van der Waals surface area (Å²) < 4.78 is 2.37. The molecular formula is C15H22N2. The van der Waals surface area contributed by atoms with Crippen LogP contribution < -0.4 is 0 Å². The third-order valence-corrected chi connectivity index (χ3v) is 4.22. The standard InChI is InChI=1S/C15H22N2/c1-3-7-13(8-4-1)15-11-17(12-16-15)14-9-5-2-6-10-14/h7,11-12,14H,1-6,8-10H2. The van der Waals surface area contributed by atoms with Crippen molar-refractivity contribution in [1.82, 2.24) is 9.55 Å². The maximum atomic E-state index is 4.61. The van der Waals surface area contributed by atoms with E-state index in [-0.39, 0.29) is 0 Å². The molecule has 0 saturated heterocycles. The van der Waals surface area contributed by atoms with Gasteiger partial charge in [0, 0.05) is 12.2 Å². The first-order valence-electron chi connectivity index (χ1n) is 7.16. The normalized spacial score (nSPS) is 22.5. The van der Waals surface area contributed by atoms with Crippen molar-refractivity contribution in [3.8, 4) is 0 Å². The van der Waals surface area contributed by atoms with Crippen molar-refractivity contribution in [2.45, 2.75) is 63.8 Å². The van der Waals surface area contributed by atoms with E-state index in [1.807, 2.05) is 0 Å². The van der Waals surface area contributed by atoms with E-state index < -0.39 is 0 Å². The molecule has 0 atom stereocenters. The largest absolute Gasteiger partial charge is 0.334 e. The molecule has 2 heteroatoms. The highest BCUT2D eigenvalue weighted by Crippen LogP contribution is 2.30. The van der Waals surface area contributed by atoms with Crippen LogP contribution >= 0.6 is 0 Å². The molecule has 0 radical (unpaired) electrons. The Morgan fingerprint density at radius 1 is 1.06 bits per heavy atom. The molecule has 0 N–H and O–H groups in total. The molecule has 0 amide bonds. The van der Waals surface area contributed by atoms with Crippen molar-refractivity contribution in [3.05, 3.63) is 24.3 Å². The summed E-state index contributed by atoms with van der Waals surface area (Å²) in [6.45, 7) is 0. The van der Waals surface area contributed by atoms with E-state index >= 15 is 0 Å². The van der Waals surface area contributed by atoms with Crippen molar-refractivity contribution in [3.63, 3.8) is 0 Å². The fourth-order valence-electron chi connectivity index (χ4n) is 3.15. The Morgan fingerprint density at radius 3 is 2.71 bits per heavy atom. The topological polar surface area (TPSA) is 17.8 Å². The number of hydrogen-bond donors (Lipinski definition) is 0. The van der Waals surface area contributed by atoms with Crippen molar-refractivity contribution in [2.75, 3.05) is 0 Å². The Hall–Kier alpha value is -1.05. The van der Waals surface area contributed by atoms with Gasteiger partial charge in [0.15, 0.2) is 0 Å². The Kier molecular flexibility index (Phi) is 3.30. The van der Waals surface area contributed by atoms with Crippen LogP contribution in [0.5, 0.6) is 0 Å². The van der Waals surface area contributed by atoms with E-state index in [0.29, 0.717) is 6.04 Å². The highest BCUT2D eigenvalue weighted by atomic mass is 15.1. The molecule has 1 aromatic heterocycles. The molecule has 0 unspecified atom stereocenters. The average molecular weight is 230 g/mol. The minimum atomic E-state index is 0.717. The lowest BCUT2D eigenvalue weighted by Crippen LogP contribution is -2.10. The van der Waals surface area contributed by atoms with Gasteiger partial charge >= 0.3 is 0 Å². The van der Waals surface area contributed by atoms with E-state index in [1.54, 1.807) is 0 Å². The van der Waals surface area contributed by atoms with Gasteiger partial charge in [-0.1, -0.05) is 25.3 Å². The van der Waals surface area contributed by atoms with E-state index in [4.69, 9.17) is 0 Å². The molecule has 1 fully saturated rings. The van der Waals surface area contributed by atoms with Gasteiger partial charge < -0.3 is 4.57 Å². The SMILES string of the molecule is C1=C(c2cn(C3CCCCC3)cn2)CCCC1. The predicted octanol–water partition coefficient (Wildman–Crippen LogP) is 4.35. The molecule has 0 bridgehead atoms. The van der Waals surface area contributed by atoms with Crippen molar-refractivity contribution < 1.29 is 0 Å². The lowest BCUT2D eigenvalue weighted by molar-refractivity contribution is 0.353. The van der Waals surface area contributed by atoms with Gasteiger partial charge in [0.1, 0.15) is 0 Å². The minimum absolute atomic E-state index is 0.717. The van der Waals surface area contributed by atoms with Crippen LogP contribution in [0.2, 0.25) is 0 Å². The van der Waals surface area contributed by atoms with E-state index in [2.05, 4.69) is 28.2 Å². The van der Waals surface area contributed by atoms with E-state index in [1.165, 1.54) is 69.1 Å². The van der Waals surface area contributed by atoms with Crippen LogP contribution in [0.4, 0.5) is 0 Å². The van der Waals surface area contributed by atoms with Crippen LogP contribution in [-0.2, 0) is 0 Å². The van der Waals surface area contributed by atoms with Gasteiger partial charge in [-0.25, -0.2) is 4.98 Å². The number of allylic oxidation sites excluding steroid dienone is 2. The molecule has 2 aliphatic rings. The quantitative estimate of drug-likeness (QED) is 0.738. The van der Waals surface area contributed by atoms with E-state index in [9.17, 15) is 0 Å². The smallest absolute Gasteiger partial charge is 0.0956 e.